The number of carbonyl (C=O) groups excluding carboxylic acids is 2. The van der Waals surface area contributed by atoms with Crippen molar-refractivity contribution < 1.29 is 14.3 Å². The van der Waals surface area contributed by atoms with Gasteiger partial charge in [-0.1, -0.05) is 6.92 Å². The molecule has 1 fully saturated rings. The average molecular weight is 255 g/mol. The minimum absolute atomic E-state index is 0.0244. The number of ether oxygens (including phenoxy) is 1. The summed E-state index contributed by atoms with van der Waals surface area (Å²) in [5, 5.41) is 0. The lowest BCUT2D eigenvalue weighted by atomic mass is 10.2. The van der Waals surface area contributed by atoms with E-state index in [1.54, 1.807) is 16.7 Å². The Morgan fingerprint density at radius 3 is 3.00 bits per heavy atom. The van der Waals surface area contributed by atoms with Gasteiger partial charge in [-0.05, 0) is 6.42 Å². The number of terminal acetylenes is 1. The molecule has 1 saturated heterocycles. The maximum absolute atomic E-state index is 11.8. The van der Waals surface area contributed by atoms with Gasteiger partial charge in [0.05, 0.1) is 5.88 Å². The van der Waals surface area contributed by atoms with Crippen LogP contribution in [-0.4, -0.2) is 41.1 Å². The summed E-state index contributed by atoms with van der Waals surface area (Å²) in [5.41, 5.74) is 0. The Kier molecular flexibility index (Phi) is 5.92. The standard InChI is InChI=1S/C12H17NO3S/c1-3-5-7-16-12(15)10-8-17-9-13(10)11(14)6-4-2/h1,10H,4-9H2,2H3/t10-/m0/s1. The van der Waals surface area contributed by atoms with Crippen LogP contribution in [-0.2, 0) is 14.3 Å². The highest BCUT2D eigenvalue weighted by atomic mass is 32.2. The number of esters is 1. The highest BCUT2D eigenvalue weighted by molar-refractivity contribution is 7.99. The molecule has 94 valence electrons. The highest BCUT2D eigenvalue weighted by Crippen LogP contribution is 2.23. The van der Waals surface area contributed by atoms with Gasteiger partial charge in [0.15, 0.2) is 0 Å². The Bertz CT molecular complexity index is 324. The third-order valence-electron chi connectivity index (χ3n) is 2.43. The van der Waals surface area contributed by atoms with Gasteiger partial charge >= 0.3 is 5.97 Å². The number of hydrogen-bond acceptors (Lipinski definition) is 4. The zero-order valence-electron chi connectivity index (χ0n) is 9.98. The van der Waals surface area contributed by atoms with Crippen LogP contribution in [0.5, 0.6) is 0 Å². The summed E-state index contributed by atoms with van der Waals surface area (Å²) in [6, 6.07) is -0.433. The van der Waals surface area contributed by atoms with E-state index >= 15 is 0 Å². The molecule has 0 aliphatic carbocycles. The lowest BCUT2D eigenvalue weighted by Crippen LogP contribution is -2.42. The molecule has 1 atom stereocenters. The predicted octanol–water partition coefficient (Wildman–Crippen LogP) is 1.25. The quantitative estimate of drug-likeness (QED) is 0.421. The second-order valence-electron chi connectivity index (χ2n) is 3.75. The van der Waals surface area contributed by atoms with E-state index in [0.29, 0.717) is 24.5 Å². The summed E-state index contributed by atoms with van der Waals surface area (Å²) < 4.78 is 5.04. The summed E-state index contributed by atoms with van der Waals surface area (Å²) in [7, 11) is 0. The number of nitrogens with zero attached hydrogens (tertiary/aromatic N) is 1. The van der Waals surface area contributed by atoms with Crippen molar-refractivity contribution in [2.75, 3.05) is 18.2 Å². The average Bonchev–Trinajstić information content (AvgIpc) is 2.78. The molecule has 1 aliphatic rings. The monoisotopic (exact) mass is 255 g/mol. The molecule has 0 aromatic carbocycles. The van der Waals surface area contributed by atoms with E-state index in [1.807, 2.05) is 6.92 Å². The molecular formula is C12H17NO3S. The molecule has 4 nitrogen and oxygen atoms in total. The molecule has 5 heteroatoms. The summed E-state index contributed by atoms with van der Waals surface area (Å²) >= 11 is 1.58. The number of amides is 1. The predicted molar refractivity (Wildman–Crippen MR) is 67.3 cm³/mol. The van der Waals surface area contributed by atoms with E-state index in [1.165, 1.54) is 0 Å². The number of rotatable bonds is 5. The van der Waals surface area contributed by atoms with Gasteiger partial charge in [-0.2, -0.15) is 0 Å². The van der Waals surface area contributed by atoms with E-state index in [4.69, 9.17) is 11.2 Å². The second-order valence-corrected chi connectivity index (χ2v) is 4.75. The molecule has 1 amide bonds. The van der Waals surface area contributed by atoms with E-state index in [0.717, 1.165) is 6.42 Å². The zero-order valence-corrected chi connectivity index (χ0v) is 10.8. The van der Waals surface area contributed by atoms with Crippen LogP contribution >= 0.6 is 11.8 Å². The summed E-state index contributed by atoms with van der Waals surface area (Å²) in [6.45, 7) is 2.17. The third-order valence-corrected chi connectivity index (χ3v) is 3.44. The van der Waals surface area contributed by atoms with Crippen molar-refractivity contribution in [3.8, 4) is 12.3 Å². The van der Waals surface area contributed by atoms with Gasteiger partial charge in [-0.3, -0.25) is 4.79 Å². The van der Waals surface area contributed by atoms with Crippen molar-refractivity contribution in [3.05, 3.63) is 0 Å². The first kappa shape index (κ1) is 13.9. The minimum atomic E-state index is -0.433. The van der Waals surface area contributed by atoms with Gasteiger partial charge in [0.25, 0.3) is 0 Å². The van der Waals surface area contributed by atoms with Crippen molar-refractivity contribution in [1.82, 2.24) is 4.90 Å². The van der Waals surface area contributed by atoms with Crippen LogP contribution in [0.2, 0.25) is 0 Å². The number of carbonyl (C=O) groups is 2. The largest absolute Gasteiger partial charge is 0.463 e. The first-order valence-electron chi connectivity index (χ1n) is 5.68. The Morgan fingerprint density at radius 2 is 2.35 bits per heavy atom. The first-order valence-corrected chi connectivity index (χ1v) is 6.83. The normalized spacial score (nSPS) is 18.8. The fraction of sp³-hybridized carbons (Fsp3) is 0.667. The van der Waals surface area contributed by atoms with E-state index in [9.17, 15) is 9.59 Å². The van der Waals surface area contributed by atoms with Crippen LogP contribution in [0.3, 0.4) is 0 Å². The molecule has 0 aromatic rings. The lowest BCUT2D eigenvalue weighted by Gasteiger charge is -2.22. The maximum atomic E-state index is 11.8. The van der Waals surface area contributed by atoms with Crippen molar-refractivity contribution in [3.63, 3.8) is 0 Å². The van der Waals surface area contributed by atoms with Crippen molar-refractivity contribution in [1.29, 1.82) is 0 Å². The topological polar surface area (TPSA) is 46.6 Å². The SMILES string of the molecule is C#CCCOC(=O)[C@@H]1CSCN1C(=O)CCC. The van der Waals surface area contributed by atoms with Crippen LogP contribution in [0.15, 0.2) is 0 Å². The summed E-state index contributed by atoms with van der Waals surface area (Å²) in [4.78, 5) is 25.1. The highest BCUT2D eigenvalue weighted by Gasteiger charge is 2.35. The van der Waals surface area contributed by atoms with Crippen molar-refractivity contribution >= 4 is 23.6 Å². The Morgan fingerprint density at radius 1 is 1.59 bits per heavy atom. The van der Waals surface area contributed by atoms with Gasteiger partial charge in [0.2, 0.25) is 5.91 Å². The van der Waals surface area contributed by atoms with Gasteiger partial charge in [0, 0.05) is 18.6 Å². The van der Waals surface area contributed by atoms with Crippen LogP contribution in [0, 0.1) is 12.3 Å². The number of thioether (sulfide) groups is 1. The smallest absolute Gasteiger partial charge is 0.329 e. The molecule has 1 heterocycles. The molecule has 17 heavy (non-hydrogen) atoms. The second kappa shape index (κ2) is 7.23. The Labute approximate surface area is 106 Å². The van der Waals surface area contributed by atoms with Gasteiger partial charge in [-0.15, -0.1) is 24.1 Å². The fourth-order valence-corrected chi connectivity index (χ4v) is 2.71. The van der Waals surface area contributed by atoms with E-state index in [-0.39, 0.29) is 18.5 Å². The summed E-state index contributed by atoms with van der Waals surface area (Å²) in [5.74, 6) is 3.28. The van der Waals surface area contributed by atoms with Crippen LogP contribution in [0.1, 0.15) is 26.2 Å². The molecule has 0 radical (unpaired) electrons. The molecule has 1 aliphatic heterocycles. The fourth-order valence-electron chi connectivity index (χ4n) is 1.55. The number of hydrogen-bond donors (Lipinski definition) is 0. The van der Waals surface area contributed by atoms with E-state index < -0.39 is 6.04 Å². The molecule has 0 bridgehead atoms. The molecular weight excluding hydrogens is 238 g/mol. The van der Waals surface area contributed by atoms with Crippen LogP contribution < -0.4 is 0 Å². The molecule has 0 spiro atoms. The summed E-state index contributed by atoms with van der Waals surface area (Å²) in [6.07, 6.45) is 6.76. The zero-order chi connectivity index (χ0) is 12.7. The molecule has 0 N–H and O–H groups in total. The lowest BCUT2D eigenvalue weighted by molar-refractivity contribution is -0.152. The third kappa shape index (κ3) is 3.97. The van der Waals surface area contributed by atoms with Crippen LogP contribution in [0.4, 0.5) is 0 Å². The van der Waals surface area contributed by atoms with E-state index in [2.05, 4.69) is 5.92 Å². The van der Waals surface area contributed by atoms with Gasteiger partial charge in [-0.25, -0.2) is 4.79 Å². The molecule has 0 unspecified atom stereocenters. The van der Waals surface area contributed by atoms with Crippen molar-refractivity contribution in [2.45, 2.75) is 32.2 Å². The van der Waals surface area contributed by atoms with Gasteiger partial charge < -0.3 is 9.64 Å². The van der Waals surface area contributed by atoms with Crippen LogP contribution in [0.25, 0.3) is 0 Å². The Balaban J connectivity index is 2.48. The van der Waals surface area contributed by atoms with Crippen molar-refractivity contribution in [2.24, 2.45) is 0 Å². The molecule has 0 aromatic heterocycles. The molecule has 1 rings (SSSR count). The molecule has 0 saturated carbocycles. The maximum Gasteiger partial charge on any atom is 0.329 e. The minimum Gasteiger partial charge on any atom is -0.463 e. The first-order chi connectivity index (χ1) is 8.20. The van der Waals surface area contributed by atoms with Gasteiger partial charge in [0.1, 0.15) is 12.6 Å². The Hall–Kier alpha value is -1.15.